The Morgan fingerprint density at radius 2 is 1.55 bits per heavy atom. The van der Waals surface area contributed by atoms with Gasteiger partial charge in [-0.15, -0.1) is 0 Å². The van der Waals surface area contributed by atoms with Crippen molar-refractivity contribution in [1.82, 2.24) is 0 Å². The smallest absolute Gasteiger partial charge is 0.167 e. The summed E-state index contributed by atoms with van der Waals surface area (Å²) < 4.78 is 1.08. The van der Waals surface area contributed by atoms with Crippen LogP contribution < -0.4 is 0 Å². The molecule has 0 bridgehead atoms. The number of carbonyl (C=O) groups is 1. The summed E-state index contributed by atoms with van der Waals surface area (Å²) in [6.45, 7) is 4.27. The minimum Gasteiger partial charge on any atom is -0.294 e. The number of carbonyl (C=O) groups excluding carboxylic acids is 1. The molecule has 2 heteroatoms. The van der Waals surface area contributed by atoms with Crippen LogP contribution in [0.25, 0.3) is 0 Å². The molecule has 2 unspecified atom stereocenters. The van der Waals surface area contributed by atoms with Crippen LogP contribution in [-0.4, -0.2) is 5.78 Å². The lowest BCUT2D eigenvalue weighted by atomic mass is 9.79. The third kappa shape index (κ3) is 2.03. The van der Waals surface area contributed by atoms with Gasteiger partial charge >= 0.3 is 0 Å². The van der Waals surface area contributed by atoms with E-state index in [0.717, 1.165) is 10.0 Å². The maximum atomic E-state index is 12.7. The molecule has 2 aromatic carbocycles. The zero-order chi connectivity index (χ0) is 14.3. The van der Waals surface area contributed by atoms with E-state index < -0.39 is 0 Å². The van der Waals surface area contributed by atoms with Crippen molar-refractivity contribution in [2.75, 3.05) is 0 Å². The molecule has 3 rings (SSSR count). The first kappa shape index (κ1) is 13.6. The predicted octanol–water partition coefficient (Wildman–Crippen LogP) is 5.05. The number of fused-ring (bicyclic) bond motifs is 1. The van der Waals surface area contributed by atoms with Crippen molar-refractivity contribution in [2.45, 2.75) is 19.8 Å². The molecule has 0 aromatic heterocycles. The van der Waals surface area contributed by atoms with Crippen LogP contribution in [0.3, 0.4) is 0 Å². The standard InChI is InChI=1S/C18H17BrO/c1-11(2)16-17(14-9-5-6-10-15(14)19)12-7-3-4-8-13(12)18(16)20/h3-11,16-17H,1-2H3. The SMILES string of the molecule is CC(C)C1C(=O)c2ccccc2C1c1ccccc1Br. The number of rotatable bonds is 2. The molecular formula is C18H17BrO. The van der Waals surface area contributed by atoms with Gasteiger partial charge < -0.3 is 0 Å². The van der Waals surface area contributed by atoms with E-state index in [2.05, 4.69) is 48.0 Å². The van der Waals surface area contributed by atoms with Crippen molar-refractivity contribution in [3.63, 3.8) is 0 Å². The second kappa shape index (κ2) is 5.17. The molecule has 0 saturated carbocycles. The van der Waals surface area contributed by atoms with Crippen molar-refractivity contribution in [3.8, 4) is 0 Å². The monoisotopic (exact) mass is 328 g/mol. The molecule has 0 radical (unpaired) electrons. The largest absolute Gasteiger partial charge is 0.294 e. The molecule has 0 amide bonds. The van der Waals surface area contributed by atoms with E-state index in [-0.39, 0.29) is 17.6 Å². The van der Waals surface area contributed by atoms with Gasteiger partial charge in [0.15, 0.2) is 5.78 Å². The summed E-state index contributed by atoms with van der Waals surface area (Å²) in [4.78, 5) is 12.7. The number of ketones is 1. The Morgan fingerprint density at radius 1 is 0.950 bits per heavy atom. The Labute approximate surface area is 128 Å². The highest BCUT2D eigenvalue weighted by Crippen LogP contribution is 2.47. The van der Waals surface area contributed by atoms with Crippen LogP contribution in [0.5, 0.6) is 0 Å². The summed E-state index contributed by atoms with van der Waals surface area (Å²) in [7, 11) is 0. The molecule has 0 spiro atoms. The Kier molecular flexibility index (Phi) is 3.51. The molecule has 1 nitrogen and oxygen atoms in total. The molecule has 102 valence electrons. The van der Waals surface area contributed by atoms with Gasteiger partial charge in [0.05, 0.1) is 0 Å². The number of hydrogen-bond acceptors (Lipinski definition) is 1. The number of Topliss-reactive ketones (excluding diaryl/α,β-unsaturated/α-hetero) is 1. The summed E-state index contributed by atoms with van der Waals surface area (Å²) in [6.07, 6.45) is 0. The van der Waals surface area contributed by atoms with Gasteiger partial charge in [-0.3, -0.25) is 4.79 Å². The van der Waals surface area contributed by atoms with Crippen molar-refractivity contribution in [1.29, 1.82) is 0 Å². The Balaban J connectivity index is 2.21. The fraction of sp³-hybridized carbons (Fsp3) is 0.278. The molecule has 0 fully saturated rings. The first-order valence-electron chi connectivity index (χ1n) is 6.99. The first-order valence-corrected chi connectivity index (χ1v) is 7.78. The van der Waals surface area contributed by atoms with E-state index in [1.165, 1.54) is 11.1 Å². The van der Waals surface area contributed by atoms with Crippen LogP contribution in [0, 0.1) is 11.8 Å². The van der Waals surface area contributed by atoms with Crippen molar-refractivity contribution < 1.29 is 4.79 Å². The molecule has 2 aromatic rings. The van der Waals surface area contributed by atoms with Crippen LogP contribution in [0.2, 0.25) is 0 Å². The summed E-state index contributed by atoms with van der Waals surface area (Å²) in [5, 5.41) is 0. The second-order valence-electron chi connectivity index (χ2n) is 5.72. The van der Waals surface area contributed by atoms with Crippen LogP contribution in [-0.2, 0) is 0 Å². The number of benzene rings is 2. The van der Waals surface area contributed by atoms with Crippen LogP contribution in [0.1, 0.15) is 41.3 Å². The summed E-state index contributed by atoms with van der Waals surface area (Å²) >= 11 is 3.64. The Morgan fingerprint density at radius 3 is 2.20 bits per heavy atom. The third-order valence-electron chi connectivity index (χ3n) is 4.18. The van der Waals surface area contributed by atoms with Crippen LogP contribution >= 0.6 is 15.9 Å². The van der Waals surface area contributed by atoms with Crippen molar-refractivity contribution >= 4 is 21.7 Å². The minimum atomic E-state index is 0.0334. The highest BCUT2D eigenvalue weighted by Gasteiger charge is 2.42. The van der Waals surface area contributed by atoms with E-state index in [4.69, 9.17) is 0 Å². The van der Waals surface area contributed by atoms with E-state index in [0.29, 0.717) is 5.92 Å². The number of hydrogen-bond donors (Lipinski definition) is 0. The summed E-state index contributed by atoms with van der Waals surface area (Å²) in [5.41, 5.74) is 3.28. The molecule has 1 aliphatic carbocycles. The molecule has 0 N–H and O–H groups in total. The normalized spacial score (nSPS) is 21.3. The van der Waals surface area contributed by atoms with Crippen LogP contribution in [0.4, 0.5) is 0 Å². The lowest BCUT2D eigenvalue weighted by Gasteiger charge is -2.24. The average Bonchev–Trinajstić information content (AvgIpc) is 2.73. The summed E-state index contributed by atoms with van der Waals surface area (Å²) in [6, 6.07) is 16.3. The first-order chi connectivity index (χ1) is 9.61. The van der Waals surface area contributed by atoms with Gasteiger partial charge in [-0.25, -0.2) is 0 Å². The van der Waals surface area contributed by atoms with Crippen LogP contribution in [0.15, 0.2) is 53.0 Å². The molecule has 0 heterocycles. The van der Waals surface area contributed by atoms with Gasteiger partial charge in [-0.1, -0.05) is 72.2 Å². The zero-order valence-electron chi connectivity index (χ0n) is 11.6. The highest BCUT2D eigenvalue weighted by atomic mass is 79.9. The van der Waals surface area contributed by atoms with Gasteiger partial charge in [0, 0.05) is 21.9 Å². The van der Waals surface area contributed by atoms with Crippen molar-refractivity contribution in [2.24, 2.45) is 11.8 Å². The third-order valence-corrected chi connectivity index (χ3v) is 4.90. The van der Waals surface area contributed by atoms with E-state index in [1.54, 1.807) is 0 Å². The highest BCUT2D eigenvalue weighted by molar-refractivity contribution is 9.10. The van der Waals surface area contributed by atoms with Gasteiger partial charge in [0.25, 0.3) is 0 Å². The van der Waals surface area contributed by atoms with Crippen molar-refractivity contribution in [3.05, 3.63) is 69.7 Å². The number of halogens is 1. The fourth-order valence-electron chi connectivity index (χ4n) is 3.29. The van der Waals surface area contributed by atoms with E-state index in [9.17, 15) is 4.79 Å². The Bertz CT molecular complexity index is 660. The van der Waals surface area contributed by atoms with Gasteiger partial charge in [0.2, 0.25) is 0 Å². The van der Waals surface area contributed by atoms with Gasteiger partial charge in [-0.2, -0.15) is 0 Å². The second-order valence-corrected chi connectivity index (χ2v) is 6.57. The lowest BCUT2D eigenvalue weighted by molar-refractivity contribution is 0.0895. The minimum absolute atomic E-state index is 0.0334. The molecule has 0 saturated heterocycles. The topological polar surface area (TPSA) is 17.1 Å². The lowest BCUT2D eigenvalue weighted by Crippen LogP contribution is -2.21. The quantitative estimate of drug-likeness (QED) is 0.753. The fourth-order valence-corrected chi connectivity index (χ4v) is 3.82. The van der Waals surface area contributed by atoms with E-state index >= 15 is 0 Å². The van der Waals surface area contributed by atoms with E-state index in [1.807, 2.05) is 30.3 Å². The molecule has 1 aliphatic rings. The average molecular weight is 329 g/mol. The Hall–Kier alpha value is -1.41. The molecule has 0 aliphatic heterocycles. The summed E-state index contributed by atoms with van der Waals surface area (Å²) in [5.74, 6) is 0.809. The molecule has 20 heavy (non-hydrogen) atoms. The predicted molar refractivity (Wildman–Crippen MR) is 85.1 cm³/mol. The molecule has 2 atom stereocenters. The molecular weight excluding hydrogens is 312 g/mol. The zero-order valence-corrected chi connectivity index (χ0v) is 13.2. The van der Waals surface area contributed by atoms with Gasteiger partial charge in [-0.05, 0) is 23.1 Å². The van der Waals surface area contributed by atoms with Gasteiger partial charge in [0.1, 0.15) is 0 Å². The maximum Gasteiger partial charge on any atom is 0.167 e. The maximum absolute atomic E-state index is 12.7.